The van der Waals surface area contributed by atoms with Gasteiger partial charge in [-0.3, -0.25) is 4.79 Å². The fourth-order valence-corrected chi connectivity index (χ4v) is 1.55. The zero-order valence-corrected chi connectivity index (χ0v) is 10.7. The van der Waals surface area contributed by atoms with Crippen molar-refractivity contribution in [1.82, 2.24) is 0 Å². The lowest BCUT2D eigenvalue weighted by Crippen LogP contribution is -2.34. The second-order valence-electron chi connectivity index (χ2n) is 4.46. The van der Waals surface area contributed by atoms with E-state index in [1.54, 1.807) is 24.3 Å². The predicted octanol–water partition coefficient (Wildman–Crippen LogP) is 2.17. The van der Waals surface area contributed by atoms with Gasteiger partial charge in [-0.25, -0.2) is 4.79 Å². The monoisotopic (exact) mass is 250 g/mol. The van der Waals surface area contributed by atoms with Crippen LogP contribution in [0, 0.1) is 5.92 Å². The van der Waals surface area contributed by atoms with E-state index in [4.69, 9.17) is 5.11 Å². The average molecular weight is 250 g/mol. The molecule has 0 aliphatic carbocycles. The van der Waals surface area contributed by atoms with Gasteiger partial charge < -0.3 is 15.7 Å². The molecule has 0 bridgehead atoms. The summed E-state index contributed by atoms with van der Waals surface area (Å²) in [5, 5.41) is 14.7. The van der Waals surface area contributed by atoms with Crippen LogP contribution in [0.15, 0.2) is 24.3 Å². The molecule has 0 saturated carbocycles. The molecule has 98 valence electrons. The summed E-state index contributed by atoms with van der Waals surface area (Å²) in [6, 6.07) is 6.30. The highest BCUT2D eigenvalue weighted by Gasteiger charge is 2.20. The molecule has 5 nitrogen and oxygen atoms in total. The maximum atomic E-state index is 11.0. The van der Waals surface area contributed by atoms with Crippen molar-refractivity contribution in [2.45, 2.75) is 26.8 Å². The van der Waals surface area contributed by atoms with Crippen LogP contribution in [-0.2, 0) is 9.59 Å². The average Bonchev–Trinajstić information content (AvgIpc) is 2.26. The molecule has 1 rings (SSSR count). The van der Waals surface area contributed by atoms with Crippen molar-refractivity contribution in [3.8, 4) is 0 Å². The van der Waals surface area contributed by atoms with E-state index in [2.05, 4.69) is 10.6 Å². The highest BCUT2D eigenvalue weighted by molar-refractivity contribution is 5.88. The van der Waals surface area contributed by atoms with E-state index < -0.39 is 12.0 Å². The van der Waals surface area contributed by atoms with Gasteiger partial charge in [0.2, 0.25) is 5.91 Å². The summed E-state index contributed by atoms with van der Waals surface area (Å²) < 4.78 is 0. The van der Waals surface area contributed by atoms with Crippen molar-refractivity contribution in [2.75, 3.05) is 10.6 Å². The van der Waals surface area contributed by atoms with Gasteiger partial charge in [-0.15, -0.1) is 0 Å². The number of carbonyl (C=O) groups is 2. The Kier molecular flexibility index (Phi) is 4.71. The van der Waals surface area contributed by atoms with Crippen molar-refractivity contribution in [3.05, 3.63) is 24.3 Å². The predicted molar refractivity (Wildman–Crippen MR) is 70.6 cm³/mol. The lowest BCUT2D eigenvalue weighted by Gasteiger charge is -2.19. The van der Waals surface area contributed by atoms with Crippen molar-refractivity contribution in [2.24, 2.45) is 5.92 Å². The summed E-state index contributed by atoms with van der Waals surface area (Å²) in [6.07, 6.45) is 0. The number of benzene rings is 1. The first-order chi connectivity index (χ1) is 8.40. The molecule has 1 aromatic carbocycles. The van der Waals surface area contributed by atoms with Gasteiger partial charge in [0.15, 0.2) is 0 Å². The van der Waals surface area contributed by atoms with Crippen LogP contribution in [0.2, 0.25) is 0 Å². The SMILES string of the molecule is CC(=O)Nc1ccc(NC(C(=O)O)C(C)C)cc1. The summed E-state index contributed by atoms with van der Waals surface area (Å²) in [7, 11) is 0. The zero-order valence-electron chi connectivity index (χ0n) is 10.7. The first kappa shape index (κ1) is 14.0. The Labute approximate surface area is 106 Å². The van der Waals surface area contributed by atoms with Crippen LogP contribution in [0.25, 0.3) is 0 Å². The van der Waals surface area contributed by atoms with Crippen LogP contribution >= 0.6 is 0 Å². The molecule has 0 fully saturated rings. The molecule has 0 aromatic heterocycles. The summed E-state index contributed by atoms with van der Waals surface area (Å²) in [5.41, 5.74) is 1.40. The van der Waals surface area contributed by atoms with E-state index in [9.17, 15) is 9.59 Å². The number of amides is 1. The number of aliphatic carboxylic acids is 1. The number of anilines is 2. The van der Waals surface area contributed by atoms with Crippen molar-refractivity contribution in [3.63, 3.8) is 0 Å². The minimum atomic E-state index is -0.879. The molecule has 1 unspecified atom stereocenters. The lowest BCUT2D eigenvalue weighted by molar-refractivity contribution is -0.138. The van der Waals surface area contributed by atoms with Crippen LogP contribution < -0.4 is 10.6 Å². The molecule has 1 aromatic rings. The Bertz CT molecular complexity index is 426. The smallest absolute Gasteiger partial charge is 0.326 e. The molecular formula is C13H18N2O3. The van der Waals surface area contributed by atoms with Gasteiger partial charge in [0, 0.05) is 18.3 Å². The van der Waals surface area contributed by atoms with Gasteiger partial charge in [-0.05, 0) is 30.2 Å². The second kappa shape index (κ2) is 6.05. The van der Waals surface area contributed by atoms with Crippen molar-refractivity contribution in [1.29, 1.82) is 0 Å². The van der Waals surface area contributed by atoms with Gasteiger partial charge in [0.25, 0.3) is 0 Å². The van der Waals surface area contributed by atoms with Crippen LogP contribution in [0.1, 0.15) is 20.8 Å². The fourth-order valence-electron chi connectivity index (χ4n) is 1.55. The first-order valence-corrected chi connectivity index (χ1v) is 5.77. The molecule has 1 amide bonds. The van der Waals surface area contributed by atoms with Crippen LogP contribution in [0.3, 0.4) is 0 Å². The number of nitrogens with one attached hydrogen (secondary N) is 2. The molecule has 5 heteroatoms. The fraction of sp³-hybridized carbons (Fsp3) is 0.385. The lowest BCUT2D eigenvalue weighted by atomic mass is 10.0. The highest BCUT2D eigenvalue weighted by Crippen LogP contribution is 2.16. The van der Waals surface area contributed by atoms with E-state index in [0.717, 1.165) is 0 Å². The van der Waals surface area contributed by atoms with Gasteiger partial charge in [-0.1, -0.05) is 13.8 Å². The largest absolute Gasteiger partial charge is 0.480 e. The Morgan fingerprint density at radius 3 is 2.00 bits per heavy atom. The zero-order chi connectivity index (χ0) is 13.7. The third-order valence-corrected chi connectivity index (χ3v) is 2.46. The maximum Gasteiger partial charge on any atom is 0.326 e. The molecule has 0 heterocycles. The number of carboxylic acids is 1. The third-order valence-electron chi connectivity index (χ3n) is 2.46. The Balaban J connectivity index is 2.73. The number of rotatable bonds is 5. The van der Waals surface area contributed by atoms with Crippen molar-refractivity contribution < 1.29 is 14.7 Å². The number of carbonyl (C=O) groups excluding carboxylic acids is 1. The molecule has 0 aliphatic rings. The highest BCUT2D eigenvalue weighted by atomic mass is 16.4. The molecule has 0 aliphatic heterocycles. The maximum absolute atomic E-state index is 11.0. The minimum Gasteiger partial charge on any atom is -0.480 e. The first-order valence-electron chi connectivity index (χ1n) is 5.77. The normalized spacial score (nSPS) is 12.0. The summed E-state index contributed by atoms with van der Waals surface area (Å²) in [6.45, 7) is 5.13. The number of carboxylic acid groups (broad SMARTS) is 1. The topological polar surface area (TPSA) is 78.4 Å². The van der Waals surface area contributed by atoms with E-state index in [1.807, 2.05) is 13.8 Å². The molecular weight excluding hydrogens is 232 g/mol. The van der Waals surface area contributed by atoms with Gasteiger partial charge in [0.05, 0.1) is 0 Å². The van der Waals surface area contributed by atoms with Gasteiger partial charge >= 0.3 is 5.97 Å². The quantitative estimate of drug-likeness (QED) is 0.748. The molecule has 18 heavy (non-hydrogen) atoms. The third kappa shape index (κ3) is 4.08. The van der Waals surface area contributed by atoms with E-state index >= 15 is 0 Å². The molecule has 1 atom stereocenters. The van der Waals surface area contributed by atoms with E-state index in [0.29, 0.717) is 11.4 Å². The molecule has 0 saturated heterocycles. The van der Waals surface area contributed by atoms with Crippen LogP contribution in [0.4, 0.5) is 11.4 Å². The second-order valence-corrected chi connectivity index (χ2v) is 4.46. The van der Waals surface area contributed by atoms with E-state index in [1.165, 1.54) is 6.92 Å². The molecule has 0 spiro atoms. The van der Waals surface area contributed by atoms with Gasteiger partial charge in [0.1, 0.15) is 6.04 Å². The Hall–Kier alpha value is -2.04. The van der Waals surface area contributed by atoms with E-state index in [-0.39, 0.29) is 11.8 Å². The molecule has 0 radical (unpaired) electrons. The summed E-state index contributed by atoms with van der Waals surface area (Å²) in [5.74, 6) is -1.03. The van der Waals surface area contributed by atoms with Crippen LogP contribution in [-0.4, -0.2) is 23.0 Å². The summed E-state index contributed by atoms with van der Waals surface area (Å²) in [4.78, 5) is 21.9. The number of hydrogen-bond donors (Lipinski definition) is 3. The van der Waals surface area contributed by atoms with Gasteiger partial charge in [-0.2, -0.15) is 0 Å². The summed E-state index contributed by atoms with van der Waals surface area (Å²) >= 11 is 0. The Morgan fingerprint density at radius 2 is 1.61 bits per heavy atom. The molecule has 3 N–H and O–H groups in total. The standard InChI is InChI=1S/C13H18N2O3/c1-8(2)12(13(17)18)15-11-6-4-10(5-7-11)14-9(3)16/h4-8,12,15H,1-3H3,(H,14,16)(H,17,18). The minimum absolute atomic E-state index is 0.0162. The number of hydrogen-bond acceptors (Lipinski definition) is 3. The Morgan fingerprint density at radius 1 is 1.11 bits per heavy atom. The van der Waals surface area contributed by atoms with Crippen molar-refractivity contribution >= 4 is 23.3 Å². The van der Waals surface area contributed by atoms with Crippen LogP contribution in [0.5, 0.6) is 0 Å².